The highest BCUT2D eigenvalue weighted by Crippen LogP contribution is 2.29. The van der Waals surface area contributed by atoms with Crippen molar-refractivity contribution in [3.05, 3.63) is 47.8 Å². The number of ketones is 1. The fraction of sp³-hybridized carbons (Fsp3) is 0.158. The van der Waals surface area contributed by atoms with Crippen LogP contribution in [0.3, 0.4) is 0 Å². The van der Waals surface area contributed by atoms with Crippen LogP contribution in [0.2, 0.25) is 0 Å². The Morgan fingerprint density at radius 1 is 1.11 bits per heavy atom. The normalized spacial score (nSPS) is 10.7. The lowest BCUT2D eigenvalue weighted by Crippen LogP contribution is -2.14. The highest BCUT2D eigenvalue weighted by Gasteiger charge is 2.11. The predicted molar refractivity (Wildman–Crippen MR) is 110 cm³/mol. The van der Waals surface area contributed by atoms with E-state index in [9.17, 15) is 18.8 Å². The van der Waals surface area contributed by atoms with Crippen LogP contribution < -0.4 is 10.6 Å². The maximum Gasteiger partial charge on any atom is 0.234 e. The Labute approximate surface area is 168 Å². The number of hydrogen-bond donors (Lipinski definition) is 2. The molecule has 2 aromatic carbocycles. The van der Waals surface area contributed by atoms with Crippen molar-refractivity contribution >= 4 is 61.7 Å². The van der Waals surface area contributed by atoms with E-state index < -0.39 is 5.82 Å². The number of carbonyl (C=O) groups excluding carboxylic acids is 3. The molecule has 2 amide bonds. The number of anilines is 2. The summed E-state index contributed by atoms with van der Waals surface area (Å²) < 4.78 is 14.8. The average molecular weight is 417 g/mol. The smallest absolute Gasteiger partial charge is 0.234 e. The maximum atomic E-state index is 14.0. The molecule has 2 N–H and O–H groups in total. The van der Waals surface area contributed by atoms with Crippen molar-refractivity contribution < 1.29 is 18.8 Å². The van der Waals surface area contributed by atoms with Gasteiger partial charge in [-0.05, 0) is 37.3 Å². The Hall–Kier alpha value is -2.78. The third-order valence-electron chi connectivity index (χ3n) is 3.65. The second-order valence-electron chi connectivity index (χ2n) is 5.92. The summed E-state index contributed by atoms with van der Waals surface area (Å²) in [6, 6.07) is 9.44. The van der Waals surface area contributed by atoms with Gasteiger partial charge in [-0.3, -0.25) is 14.4 Å². The van der Waals surface area contributed by atoms with Gasteiger partial charge < -0.3 is 10.6 Å². The summed E-state index contributed by atoms with van der Waals surface area (Å²) in [5.74, 6) is -1.21. The molecule has 0 bridgehead atoms. The summed E-state index contributed by atoms with van der Waals surface area (Å²) in [6.45, 7) is 2.78. The summed E-state index contributed by atoms with van der Waals surface area (Å²) in [6.07, 6.45) is 0. The third-order valence-corrected chi connectivity index (χ3v) is 5.63. The first-order valence-electron chi connectivity index (χ1n) is 8.23. The summed E-state index contributed by atoms with van der Waals surface area (Å²) in [5, 5.41) is 5.88. The van der Waals surface area contributed by atoms with E-state index in [0.29, 0.717) is 26.8 Å². The van der Waals surface area contributed by atoms with Gasteiger partial charge in [-0.2, -0.15) is 0 Å². The molecule has 0 aliphatic carbocycles. The molecule has 0 aliphatic heterocycles. The lowest BCUT2D eigenvalue weighted by molar-refractivity contribution is -0.114. The second kappa shape index (κ2) is 8.49. The summed E-state index contributed by atoms with van der Waals surface area (Å²) in [4.78, 5) is 39.2. The molecule has 1 aromatic heterocycles. The molecule has 0 aliphatic rings. The van der Waals surface area contributed by atoms with Gasteiger partial charge in [0, 0.05) is 23.1 Å². The van der Waals surface area contributed by atoms with Gasteiger partial charge in [0.05, 0.1) is 16.0 Å². The van der Waals surface area contributed by atoms with E-state index in [1.165, 1.54) is 43.4 Å². The third kappa shape index (κ3) is 4.93. The molecule has 0 atom stereocenters. The van der Waals surface area contributed by atoms with Gasteiger partial charge in [-0.15, -0.1) is 11.8 Å². The van der Waals surface area contributed by atoms with Crippen LogP contribution >= 0.6 is 23.1 Å². The van der Waals surface area contributed by atoms with Crippen LogP contribution in [0.4, 0.5) is 15.2 Å². The van der Waals surface area contributed by atoms with Gasteiger partial charge in [0.15, 0.2) is 10.9 Å². The molecular weight excluding hydrogens is 401 g/mol. The number of Topliss-reactive ketones (excluding diaryl/α,β-unsaturated/α-hetero) is 1. The molecule has 28 heavy (non-hydrogen) atoms. The first-order valence-corrected chi connectivity index (χ1v) is 10.0. The topological polar surface area (TPSA) is 88.2 Å². The number of carbonyl (C=O) groups is 3. The van der Waals surface area contributed by atoms with Gasteiger partial charge in [-0.25, -0.2) is 9.37 Å². The van der Waals surface area contributed by atoms with Crippen molar-refractivity contribution in [1.82, 2.24) is 4.98 Å². The fourth-order valence-corrected chi connectivity index (χ4v) is 4.05. The van der Waals surface area contributed by atoms with E-state index in [2.05, 4.69) is 15.6 Å². The fourth-order valence-electron chi connectivity index (χ4n) is 2.38. The molecule has 0 unspecified atom stereocenters. The van der Waals surface area contributed by atoms with Crippen molar-refractivity contribution in [1.29, 1.82) is 0 Å². The molecule has 0 fully saturated rings. The van der Waals surface area contributed by atoms with Crippen LogP contribution in [0.25, 0.3) is 10.2 Å². The van der Waals surface area contributed by atoms with E-state index in [0.717, 1.165) is 16.5 Å². The van der Waals surface area contributed by atoms with E-state index in [1.54, 1.807) is 18.2 Å². The van der Waals surface area contributed by atoms with Gasteiger partial charge in [-0.1, -0.05) is 17.4 Å². The van der Waals surface area contributed by atoms with Crippen molar-refractivity contribution in [3.63, 3.8) is 0 Å². The highest BCUT2D eigenvalue weighted by molar-refractivity contribution is 8.00. The monoisotopic (exact) mass is 417 g/mol. The number of fused-ring (bicyclic) bond motifs is 1. The number of nitrogens with one attached hydrogen (secondary N) is 2. The minimum Gasteiger partial charge on any atom is -0.325 e. The molecule has 1 heterocycles. The number of hydrogen-bond acceptors (Lipinski definition) is 6. The van der Waals surface area contributed by atoms with Crippen molar-refractivity contribution in [2.75, 3.05) is 16.4 Å². The Balaban J connectivity index is 1.63. The average Bonchev–Trinajstić information content (AvgIpc) is 3.01. The van der Waals surface area contributed by atoms with Gasteiger partial charge >= 0.3 is 0 Å². The number of halogens is 1. The number of rotatable bonds is 6. The Morgan fingerprint density at radius 3 is 2.57 bits per heavy atom. The lowest BCUT2D eigenvalue weighted by atomic mass is 10.1. The minimum atomic E-state index is -0.526. The van der Waals surface area contributed by atoms with Crippen molar-refractivity contribution in [3.8, 4) is 0 Å². The summed E-state index contributed by atoms with van der Waals surface area (Å²) in [5.41, 5.74) is 1.60. The maximum absolute atomic E-state index is 14.0. The van der Waals surface area contributed by atoms with Gasteiger partial charge in [0.25, 0.3) is 0 Å². The molecule has 0 saturated carbocycles. The summed E-state index contributed by atoms with van der Waals surface area (Å²) >= 11 is 2.36. The zero-order valence-electron chi connectivity index (χ0n) is 15.0. The highest BCUT2D eigenvalue weighted by atomic mass is 32.2. The molecule has 6 nitrogen and oxygen atoms in total. The van der Waals surface area contributed by atoms with E-state index in [1.807, 2.05) is 0 Å². The number of aromatic nitrogens is 1. The van der Waals surface area contributed by atoms with Gasteiger partial charge in [0.1, 0.15) is 5.82 Å². The molecule has 0 saturated heterocycles. The van der Waals surface area contributed by atoms with E-state index in [-0.39, 0.29) is 23.4 Å². The largest absolute Gasteiger partial charge is 0.325 e. The van der Waals surface area contributed by atoms with Crippen LogP contribution in [0, 0.1) is 5.82 Å². The standard InChI is InChI=1S/C19H16FN3O3S2/c1-10(24)12-3-6-16(14(20)7-12)27-9-18(26)22-13-4-5-15-17(8-13)28-19(23-15)21-11(2)25/h3-8H,9H2,1-2H3,(H,22,26)(H,21,23,25). The molecule has 144 valence electrons. The Morgan fingerprint density at radius 2 is 1.89 bits per heavy atom. The number of benzene rings is 2. The zero-order chi connectivity index (χ0) is 20.3. The van der Waals surface area contributed by atoms with Crippen LogP contribution in [0.1, 0.15) is 24.2 Å². The number of thioether (sulfide) groups is 1. The van der Waals surface area contributed by atoms with Crippen LogP contribution in [0.5, 0.6) is 0 Å². The molecule has 9 heteroatoms. The van der Waals surface area contributed by atoms with Gasteiger partial charge in [0.2, 0.25) is 11.8 Å². The molecule has 0 spiro atoms. The van der Waals surface area contributed by atoms with E-state index >= 15 is 0 Å². The number of nitrogens with zero attached hydrogens (tertiary/aromatic N) is 1. The quantitative estimate of drug-likeness (QED) is 0.460. The lowest BCUT2D eigenvalue weighted by Gasteiger charge is -2.06. The first-order chi connectivity index (χ1) is 13.3. The predicted octanol–water partition coefficient (Wildman–Crippen LogP) is 4.33. The van der Waals surface area contributed by atoms with Crippen LogP contribution in [0.15, 0.2) is 41.3 Å². The van der Waals surface area contributed by atoms with E-state index in [4.69, 9.17) is 0 Å². The first kappa shape index (κ1) is 20.0. The SMILES string of the molecule is CC(=O)Nc1nc2ccc(NC(=O)CSc3ccc(C(C)=O)cc3F)cc2s1. The number of amides is 2. The number of thiazole rings is 1. The summed E-state index contributed by atoms with van der Waals surface area (Å²) in [7, 11) is 0. The van der Waals surface area contributed by atoms with Crippen molar-refractivity contribution in [2.45, 2.75) is 18.7 Å². The molecule has 0 radical (unpaired) electrons. The molecule has 3 aromatic rings. The molecule has 3 rings (SSSR count). The zero-order valence-corrected chi connectivity index (χ0v) is 16.7. The van der Waals surface area contributed by atoms with Crippen LogP contribution in [-0.4, -0.2) is 28.3 Å². The Bertz CT molecular complexity index is 1080. The molecular formula is C19H16FN3O3S2. The minimum absolute atomic E-state index is 0.0220. The van der Waals surface area contributed by atoms with Crippen LogP contribution in [-0.2, 0) is 9.59 Å². The van der Waals surface area contributed by atoms with Crippen molar-refractivity contribution in [2.24, 2.45) is 0 Å². The second-order valence-corrected chi connectivity index (χ2v) is 7.97. The Kier molecular flexibility index (Phi) is 6.05.